The second-order valence-electron chi connectivity index (χ2n) is 4.90. The Kier molecular flexibility index (Phi) is 4.03. The number of benzene rings is 3. The van der Waals surface area contributed by atoms with E-state index >= 15 is 0 Å². The van der Waals surface area contributed by atoms with E-state index in [2.05, 4.69) is 0 Å². The predicted octanol–water partition coefficient (Wildman–Crippen LogP) is 5.38. The molecule has 0 unspecified atom stereocenters. The summed E-state index contributed by atoms with van der Waals surface area (Å²) in [6, 6.07) is 21.2. The number of hydrogen-bond donors (Lipinski definition) is 0. The summed E-state index contributed by atoms with van der Waals surface area (Å²) in [5.74, 6) is -0.709. The fourth-order valence-corrected chi connectivity index (χ4v) is 2.43. The molecule has 0 aliphatic heterocycles. The molecule has 0 heterocycles. The summed E-state index contributed by atoms with van der Waals surface area (Å²) in [5.41, 5.74) is 3.04. The van der Waals surface area contributed by atoms with Gasteiger partial charge in [-0.05, 0) is 29.3 Å². The minimum atomic E-state index is -0.530. The van der Waals surface area contributed by atoms with E-state index < -0.39 is 5.82 Å². The fraction of sp³-hybridized carbons (Fsp3) is 0. The van der Waals surface area contributed by atoms with Crippen molar-refractivity contribution in [2.24, 2.45) is 0 Å². The molecule has 0 bridgehead atoms. The maximum Gasteiger partial charge on any atom is 0.193 e. The van der Waals surface area contributed by atoms with Crippen molar-refractivity contribution in [2.45, 2.75) is 0 Å². The first-order valence-electron chi connectivity index (χ1n) is 6.80. The van der Waals surface area contributed by atoms with Gasteiger partial charge in [0.25, 0.3) is 0 Å². The van der Waals surface area contributed by atoms with E-state index in [-0.39, 0.29) is 10.8 Å². The first kappa shape index (κ1) is 14.5. The first-order chi connectivity index (χ1) is 10.6. The van der Waals surface area contributed by atoms with E-state index in [1.165, 1.54) is 18.2 Å². The number of halogens is 2. The number of carbonyl (C=O) groups excluding carboxylic acids is 1. The lowest BCUT2D eigenvalue weighted by molar-refractivity contribution is 0.103. The smallest absolute Gasteiger partial charge is 0.193 e. The summed E-state index contributed by atoms with van der Waals surface area (Å²) >= 11 is 5.72. The van der Waals surface area contributed by atoms with Gasteiger partial charge in [0.2, 0.25) is 0 Å². The zero-order valence-corrected chi connectivity index (χ0v) is 12.3. The molecule has 0 saturated heterocycles. The standard InChI is InChI=1S/C19H12ClFO/c20-17-12-16(10-11-18(17)21)19(22)15-8-6-14(7-9-15)13-4-2-1-3-5-13/h1-12H. The predicted molar refractivity (Wildman–Crippen MR) is 86.7 cm³/mol. The van der Waals surface area contributed by atoms with Crippen molar-refractivity contribution in [3.8, 4) is 11.1 Å². The van der Waals surface area contributed by atoms with E-state index in [1.54, 1.807) is 12.1 Å². The molecule has 1 nitrogen and oxygen atoms in total. The molecular formula is C19H12ClFO. The van der Waals surface area contributed by atoms with Crippen LogP contribution in [-0.2, 0) is 0 Å². The lowest BCUT2D eigenvalue weighted by atomic mass is 9.99. The summed E-state index contributed by atoms with van der Waals surface area (Å²) in [4.78, 5) is 12.4. The zero-order valence-electron chi connectivity index (χ0n) is 11.6. The van der Waals surface area contributed by atoms with Crippen molar-refractivity contribution in [2.75, 3.05) is 0 Å². The van der Waals surface area contributed by atoms with Crippen LogP contribution in [0, 0.1) is 5.82 Å². The molecule has 3 aromatic rings. The van der Waals surface area contributed by atoms with Crippen LogP contribution >= 0.6 is 11.6 Å². The van der Waals surface area contributed by atoms with Crippen molar-refractivity contribution >= 4 is 17.4 Å². The summed E-state index contributed by atoms with van der Waals surface area (Å²) in [5, 5.41) is -0.0493. The third-order valence-corrected chi connectivity index (χ3v) is 3.73. The zero-order chi connectivity index (χ0) is 15.5. The topological polar surface area (TPSA) is 17.1 Å². The minimum absolute atomic E-state index is 0.0493. The summed E-state index contributed by atoms with van der Waals surface area (Å²) in [6.45, 7) is 0. The molecule has 0 fully saturated rings. The highest BCUT2D eigenvalue weighted by Gasteiger charge is 2.11. The monoisotopic (exact) mass is 310 g/mol. The van der Waals surface area contributed by atoms with Gasteiger partial charge in [-0.25, -0.2) is 4.39 Å². The molecule has 0 spiro atoms. The number of carbonyl (C=O) groups is 1. The van der Waals surface area contributed by atoms with Gasteiger partial charge in [-0.15, -0.1) is 0 Å². The third-order valence-electron chi connectivity index (χ3n) is 3.44. The largest absolute Gasteiger partial charge is 0.289 e. The molecule has 3 aromatic carbocycles. The maximum atomic E-state index is 13.2. The van der Waals surface area contributed by atoms with Crippen molar-refractivity contribution < 1.29 is 9.18 Å². The van der Waals surface area contributed by atoms with Crippen LogP contribution in [0.1, 0.15) is 15.9 Å². The van der Waals surface area contributed by atoms with E-state index in [4.69, 9.17) is 11.6 Å². The molecular weight excluding hydrogens is 299 g/mol. The lowest BCUT2D eigenvalue weighted by Gasteiger charge is -2.05. The second-order valence-corrected chi connectivity index (χ2v) is 5.31. The van der Waals surface area contributed by atoms with Gasteiger partial charge in [0, 0.05) is 11.1 Å². The van der Waals surface area contributed by atoms with Gasteiger partial charge in [0.1, 0.15) is 5.82 Å². The van der Waals surface area contributed by atoms with E-state index in [0.29, 0.717) is 11.1 Å². The number of hydrogen-bond acceptors (Lipinski definition) is 1. The number of ketones is 1. The van der Waals surface area contributed by atoms with E-state index in [0.717, 1.165) is 11.1 Å². The molecule has 0 aliphatic rings. The van der Waals surface area contributed by atoms with Crippen LogP contribution in [0.5, 0.6) is 0 Å². The molecule has 108 valence electrons. The molecule has 3 heteroatoms. The minimum Gasteiger partial charge on any atom is -0.289 e. The van der Waals surface area contributed by atoms with Crippen LogP contribution in [0.15, 0.2) is 72.8 Å². The van der Waals surface area contributed by atoms with Crippen LogP contribution in [0.2, 0.25) is 5.02 Å². The van der Waals surface area contributed by atoms with Crippen molar-refractivity contribution in [1.82, 2.24) is 0 Å². The van der Waals surface area contributed by atoms with Gasteiger partial charge in [-0.1, -0.05) is 66.2 Å². The molecule has 0 N–H and O–H groups in total. The molecule has 0 radical (unpaired) electrons. The fourth-order valence-electron chi connectivity index (χ4n) is 2.25. The quantitative estimate of drug-likeness (QED) is 0.594. The van der Waals surface area contributed by atoms with Crippen LogP contribution < -0.4 is 0 Å². The van der Waals surface area contributed by atoms with Gasteiger partial charge in [0.15, 0.2) is 5.78 Å². The van der Waals surface area contributed by atoms with Gasteiger partial charge in [-0.3, -0.25) is 4.79 Å². The molecule has 0 aliphatic carbocycles. The number of rotatable bonds is 3. The van der Waals surface area contributed by atoms with Gasteiger partial charge in [-0.2, -0.15) is 0 Å². The van der Waals surface area contributed by atoms with E-state index in [9.17, 15) is 9.18 Å². The molecule has 0 saturated carbocycles. The highest BCUT2D eigenvalue weighted by Crippen LogP contribution is 2.22. The Morgan fingerprint density at radius 3 is 2.00 bits per heavy atom. The highest BCUT2D eigenvalue weighted by atomic mass is 35.5. The summed E-state index contributed by atoms with van der Waals surface area (Å²) in [6.07, 6.45) is 0. The van der Waals surface area contributed by atoms with Gasteiger partial charge < -0.3 is 0 Å². The normalized spacial score (nSPS) is 10.5. The average Bonchev–Trinajstić information content (AvgIpc) is 2.58. The summed E-state index contributed by atoms with van der Waals surface area (Å²) in [7, 11) is 0. The molecule has 22 heavy (non-hydrogen) atoms. The van der Waals surface area contributed by atoms with Gasteiger partial charge in [0.05, 0.1) is 5.02 Å². The third kappa shape index (κ3) is 2.92. The summed E-state index contributed by atoms with van der Waals surface area (Å²) < 4.78 is 13.2. The van der Waals surface area contributed by atoms with Crippen LogP contribution in [-0.4, -0.2) is 5.78 Å². The SMILES string of the molecule is O=C(c1ccc(-c2ccccc2)cc1)c1ccc(F)c(Cl)c1. The van der Waals surface area contributed by atoms with Gasteiger partial charge >= 0.3 is 0 Å². The Morgan fingerprint density at radius 1 is 0.773 bits per heavy atom. The maximum absolute atomic E-state index is 13.2. The Balaban J connectivity index is 1.89. The Morgan fingerprint density at radius 2 is 1.36 bits per heavy atom. The van der Waals surface area contributed by atoms with Crippen LogP contribution in [0.4, 0.5) is 4.39 Å². The lowest BCUT2D eigenvalue weighted by Crippen LogP contribution is -2.01. The Labute approximate surface area is 133 Å². The molecule has 0 atom stereocenters. The first-order valence-corrected chi connectivity index (χ1v) is 7.18. The van der Waals surface area contributed by atoms with Crippen molar-refractivity contribution in [1.29, 1.82) is 0 Å². The van der Waals surface area contributed by atoms with E-state index in [1.807, 2.05) is 42.5 Å². The molecule has 3 rings (SSSR count). The van der Waals surface area contributed by atoms with Crippen molar-refractivity contribution in [3.05, 3.63) is 94.8 Å². The molecule has 0 aromatic heterocycles. The Hall–Kier alpha value is -2.45. The van der Waals surface area contributed by atoms with Crippen molar-refractivity contribution in [3.63, 3.8) is 0 Å². The van der Waals surface area contributed by atoms with Crippen LogP contribution in [0.25, 0.3) is 11.1 Å². The second kappa shape index (κ2) is 6.12. The van der Waals surface area contributed by atoms with Crippen LogP contribution in [0.3, 0.4) is 0 Å². The highest BCUT2D eigenvalue weighted by molar-refractivity contribution is 6.31. The Bertz CT molecular complexity index is 811. The molecule has 0 amide bonds. The average molecular weight is 311 g/mol.